The second-order valence-electron chi connectivity index (χ2n) is 3.84. The van der Waals surface area contributed by atoms with Gasteiger partial charge in [-0.25, -0.2) is 0 Å². The molecule has 0 radical (unpaired) electrons. The highest BCUT2D eigenvalue weighted by atomic mass is 16.5. The third kappa shape index (κ3) is 2.40. The largest absolute Gasteiger partial charge is 0.493 e. The van der Waals surface area contributed by atoms with E-state index in [4.69, 9.17) is 4.74 Å². The minimum atomic E-state index is -0.155. The lowest BCUT2D eigenvalue weighted by Crippen LogP contribution is -2.20. The maximum atomic E-state index is 11.3. The van der Waals surface area contributed by atoms with Crippen molar-refractivity contribution in [3.63, 3.8) is 0 Å². The maximum absolute atomic E-state index is 11.3. The van der Waals surface area contributed by atoms with Gasteiger partial charge in [0.2, 0.25) is 0 Å². The van der Waals surface area contributed by atoms with E-state index in [1.165, 1.54) is 0 Å². The van der Waals surface area contributed by atoms with E-state index in [1.807, 2.05) is 48.6 Å². The molecule has 2 atom stereocenters. The van der Waals surface area contributed by atoms with E-state index in [1.54, 1.807) is 13.2 Å². The van der Waals surface area contributed by atoms with Crippen molar-refractivity contribution >= 4 is 11.9 Å². The molecular weight excluding hydrogens is 200 g/mol. The van der Waals surface area contributed by atoms with E-state index >= 15 is 0 Å². The van der Waals surface area contributed by atoms with Crippen LogP contribution in [0.15, 0.2) is 48.7 Å². The fourth-order valence-corrected chi connectivity index (χ4v) is 1.72. The van der Waals surface area contributed by atoms with Crippen molar-refractivity contribution in [2.45, 2.75) is 13.0 Å². The van der Waals surface area contributed by atoms with Crippen LogP contribution < -0.4 is 0 Å². The summed E-state index contributed by atoms with van der Waals surface area (Å²) in [4.78, 5) is 11.3. The molecule has 2 heteroatoms. The molecule has 0 bridgehead atoms. The molecule has 16 heavy (non-hydrogen) atoms. The fraction of sp³-hybridized carbons (Fsp3) is 0.214. The fourth-order valence-electron chi connectivity index (χ4n) is 1.72. The van der Waals surface area contributed by atoms with Gasteiger partial charge in [-0.3, -0.25) is 4.79 Å². The first kappa shape index (κ1) is 10.7. The first-order valence-electron chi connectivity index (χ1n) is 5.33. The Balaban J connectivity index is 2.05. The third-order valence-corrected chi connectivity index (χ3v) is 2.62. The number of carbonyl (C=O) groups is 1. The molecule has 0 unspecified atom stereocenters. The number of benzene rings is 1. The molecule has 0 saturated heterocycles. The van der Waals surface area contributed by atoms with Gasteiger partial charge in [0.25, 0.3) is 0 Å². The molecule has 2 rings (SSSR count). The predicted octanol–water partition coefficient (Wildman–Crippen LogP) is 2.82. The van der Waals surface area contributed by atoms with Crippen molar-refractivity contribution in [2.75, 3.05) is 0 Å². The minimum Gasteiger partial charge on any atom is -0.493 e. The molecule has 1 aromatic carbocycles. The molecule has 1 aromatic rings. The Morgan fingerprint density at radius 3 is 2.75 bits per heavy atom. The second-order valence-corrected chi connectivity index (χ2v) is 3.84. The average Bonchev–Trinajstić information content (AvgIpc) is 2.76. The van der Waals surface area contributed by atoms with Crippen molar-refractivity contribution in [2.24, 2.45) is 5.92 Å². The van der Waals surface area contributed by atoms with E-state index in [0.29, 0.717) is 0 Å². The van der Waals surface area contributed by atoms with Crippen LogP contribution in [0.25, 0.3) is 6.08 Å². The van der Waals surface area contributed by atoms with Crippen LogP contribution in [0.2, 0.25) is 0 Å². The van der Waals surface area contributed by atoms with E-state index < -0.39 is 0 Å². The molecule has 82 valence electrons. The Morgan fingerprint density at radius 1 is 1.31 bits per heavy atom. The molecule has 0 amide bonds. The predicted molar refractivity (Wildman–Crippen MR) is 63.7 cm³/mol. The highest BCUT2D eigenvalue weighted by molar-refractivity contribution is 5.81. The molecule has 1 aliphatic rings. The summed E-state index contributed by atoms with van der Waals surface area (Å²) in [6.07, 6.45) is 7.17. The van der Waals surface area contributed by atoms with Crippen molar-refractivity contribution in [1.82, 2.24) is 0 Å². The molecule has 0 N–H and O–H groups in total. The van der Waals surface area contributed by atoms with Gasteiger partial charge in [-0.05, 0) is 24.6 Å². The molecule has 0 saturated carbocycles. The van der Waals surface area contributed by atoms with Crippen molar-refractivity contribution in [1.29, 1.82) is 0 Å². The molecule has 0 aliphatic carbocycles. The molecule has 0 aromatic heterocycles. The second kappa shape index (κ2) is 4.79. The molecule has 0 fully saturated rings. The van der Waals surface area contributed by atoms with Crippen LogP contribution in [0.5, 0.6) is 0 Å². The number of Topliss-reactive ketones (excluding diaryl/α,β-unsaturated/α-hetero) is 1. The Bertz CT molecular complexity index is 418. The van der Waals surface area contributed by atoms with Gasteiger partial charge in [-0.15, -0.1) is 0 Å². The Hall–Kier alpha value is -1.83. The highest BCUT2D eigenvalue weighted by Gasteiger charge is 2.25. The zero-order valence-electron chi connectivity index (χ0n) is 9.17. The summed E-state index contributed by atoms with van der Waals surface area (Å²) in [6.45, 7) is 1.59. The van der Waals surface area contributed by atoms with Gasteiger partial charge in [0.15, 0.2) is 0 Å². The van der Waals surface area contributed by atoms with Gasteiger partial charge >= 0.3 is 0 Å². The van der Waals surface area contributed by atoms with Crippen LogP contribution in [-0.4, -0.2) is 11.9 Å². The summed E-state index contributed by atoms with van der Waals surface area (Å²) in [5.41, 5.74) is 1.11. The molecular formula is C14H14O2. The Kier molecular flexibility index (Phi) is 3.20. The summed E-state index contributed by atoms with van der Waals surface area (Å²) in [6, 6.07) is 9.97. The van der Waals surface area contributed by atoms with Gasteiger partial charge in [-0.2, -0.15) is 0 Å². The van der Waals surface area contributed by atoms with Gasteiger partial charge in [0.1, 0.15) is 11.9 Å². The van der Waals surface area contributed by atoms with Crippen LogP contribution in [-0.2, 0) is 9.53 Å². The lowest BCUT2D eigenvalue weighted by molar-refractivity contribution is -0.120. The first-order valence-corrected chi connectivity index (χ1v) is 5.33. The van der Waals surface area contributed by atoms with Crippen LogP contribution in [0.3, 0.4) is 0 Å². The van der Waals surface area contributed by atoms with Crippen molar-refractivity contribution in [3.05, 3.63) is 54.3 Å². The Labute approximate surface area is 95.2 Å². The van der Waals surface area contributed by atoms with Crippen LogP contribution in [0.4, 0.5) is 0 Å². The van der Waals surface area contributed by atoms with E-state index in [2.05, 4.69) is 0 Å². The monoisotopic (exact) mass is 214 g/mol. The van der Waals surface area contributed by atoms with Gasteiger partial charge in [-0.1, -0.05) is 36.4 Å². The topological polar surface area (TPSA) is 26.3 Å². The first-order chi connectivity index (χ1) is 7.77. The summed E-state index contributed by atoms with van der Waals surface area (Å²) in [5.74, 6) is -0.00331. The third-order valence-electron chi connectivity index (χ3n) is 2.62. The van der Waals surface area contributed by atoms with E-state index in [9.17, 15) is 4.79 Å². The van der Waals surface area contributed by atoms with Crippen LogP contribution in [0.1, 0.15) is 12.5 Å². The molecule has 0 spiro atoms. The van der Waals surface area contributed by atoms with E-state index in [0.717, 1.165) is 5.56 Å². The Morgan fingerprint density at radius 2 is 2.06 bits per heavy atom. The average molecular weight is 214 g/mol. The number of ether oxygens (including phenoxy) is 1. The molecule has 1 heterocycles. The van der Waals surface area contributed by atoms with E-state index in [-0.39, 0.29) is 17.8 Å². The zero-order chi connectivity index (χ0) is 11.4. The minimum absolute atomic E-state index is 0.136. The van der Waals surface area contributed by atoms with Gasteiger partial charge in [0.05, 0.1) is 12.2 Å². The molecule has 1 aliphatic heterocycles. The highest BCUT2D eigenvalue weighted by Crippen LogP contribution is 2.20. The number of ketones is 1. The lowest BCUT2D eigenvalue weighted by atomic mass is 9.99. The van der Waals surface area contributed by atoms with Crippen molar-refractivity contribution < 1.29 is 9.53 Å². The number of carbonyl (C=O) groups excluding carboxylic acids is 1. The summed E-state index contributed by atoms with van der Waals surface area (Å²) >= 11 is 0. The van der Waals surface area contributed by atoms with Gasteiger partial charge in [0, 0.05) is 0 Å². The lowest BCUT2D eigenvalue weighted by Gasteiger charge is -2.11. The van der Waals surface area contributed by atoms with Crippen LogP contribution in [0, 0.1) is 5.92 Å². The van der Waals surface area contributed by atoms with Crippen LogP contribution >= 0.6 is 0 Å². The number of hydrogen-bond acceptors (Lipinski definition) is 2. The quantitative estimate of drug-likeness (QED) is 0.773. The summed E-state index contributed by atoms with van der Waals surface area (Å²) in [7, 11) is 0. The zero-order valence-corrected chi connectivity index (χ0v) is 9.17. The number of rotatable bonds is 3. The van der Waals surface area contributed by atoms with Gasteiger partial charge < -0.3 is 4.74 Å². The number of hydrogen-bond donors (Lipinski definition) is 0. The normalized spacial score (nSPS) is 23.6. The van der Waals surface area contributed by atoms with Crippen molar-refractivity contribution in [3.8, 4) is 0 Å². The standard InChI is InChI=1S/C14H14O2/c1-11(15)13-9-10-16-14(13)8-7-12-5-3-2-4-6-12/h2-10,13-14H,1H3/b8-7+/t13-,14-/m1/s1. The summed E-state index contributed by atoms with van der Waals surface area (Å²) < 4.78 is 5.36. The smallest absolute Gasteiger partial charge is 0.140 e. The SMILES string of the molecule is CC(=O)[C@H]1C=CO[C@@H]1/C=C/c1ccccc1. The molecule has 2 nitrogen and oxygen atoms in total. The maximum Gasteiger partial charge on any atom is 0.140 e. The summed E-state index contributed by atoms with van der Waals surface area (Å²) in [5, 5.41) is 0.